The van der Waals surface area contributed by atoms with Crippen molar-refractivity contribution in [3.05, 3.63) is 65.0 Å². The van der Waals surface area contributed by atoms with E-state index >= 15 is 0 Å². The monoisotopic (exact) mass is 383 g/mol. The molecule has 28 heavy (non-hydrogen) atoms. The fraction of sp³-hybridized carbons (Fsp3) is 0.364. The van der Waals surface area contributed by atoms with E-state index in [1.165, 1.54) is 18.2 Å². The first kappa shape index (κ1) is 20.0. The van der Waals surface area contributed by atoms with Gasteiger partial charge in [-0.25, -0.2) is 4.39 Å². The van der Waals surface area contributed by atoms with Gasteiger partial charge in [0.25, 0.3) is 11.8 Å². The third kappa shape index (κ3) is 4.75. The Bertz CT molecular complexity index is 876. The minimum Gasteiger partial charge on any atom is -0.351 e. The molecule has 2 aromatic carbocycles. The summed E-state index contributed by atoms with van der Waals surface area (Å²) in [6.45, 7) is 6.54. The number of carbonyl (C=O) groups is 2. The summed E-state index contributed by atoms with van der Waals surface area (Å²) in [5.74, 6) is -1.30. The Hall–Kier alpha value is -2.73. The van der Waals surface area contributed by atoms with Gasteiger partial charge in [0.15, 0.2) is 0 Å². The molecule has 0 atom stereocenters. The highest BCUT2D eigenvalue weighted by molar-refractivity contribution is 6.05. The molecule has 0 bridgehead atoms. The summed E-state index contributed by atoms with van der Waals surface area (Å²) in [6.07, 6.45) is 2.04. The number of benzene rings is 2. The van der Waals surface area contributed by atoms with Crippen molar-refractivity contribution in [2.24, 2.45) is 5.41 Å². The largest absolute Gasteiger partial charge is 0.351 e. The minimum absolute atomic E-state index is 0.0319. The lowest BCUT2D eigenvalue weighted by Crippen LogP contribution is -2.42. The van der Waals surface area contributed by atoms with Crippen molar-refractivity contribution >= 4 is 17.5 Å². The van der Waals surface area contributed by atoms with E-state index in [1.54, 1.807) is 24.3 Å². The molecule has 0 spiro atoms. The Balaban J connectivity index is 1.69. The number of hydrogen-bond donors (Lipinski definition) is 3. The van der Waals surface area contributed by atoms with Crippen LogP contribution < -0.4 is 16.0 Å². The van der Waals surface area contributed by atoms with Crippen LogP contribution in [0.3, 0.4) is 0 Å². The average molecular weight is 383 g/mol. The lowest BCUT2D eigenvalue weighted by molar-refractivity contribution is 0.0921. The van der Waals surface area contributed by atoms with Crippen molar-refractivity contribution in [3.63, 3.8) is 0 Å². The molecule has 0 saturated carbocycles. The molecule has 3 N–H and O–H groups in total. The molecule has 1 fully saturated rings. The number of carbonyl (C=O) groups excluding carboxylic acids is 2. The Labute approximate surface area is 164 Å². The van der Waals surface area contributed by atoms with Gasteiger partial charge in [0.1, 0.15) is 5.82 Å². The van der Waals surface area contributed by atoms with Gasteiger partial charge >= 0.3 is 0 Å². The van der Waals surface area contributed by atoms with Crippen LogP contribution in [0.5, 0.6) is 0 Å². The molecule has 1 aliphatic heterocycles. The van der Waals surface area contributed by atoms with Gasteiger partial charge in [-0.2, -0.15) is 0 Å². The Morgan fingerprint density at radius 3 is 2.54 bits per heavy atom. The maximum Gasteiger partial charge on any atom is 0.258 e. The topological polar surface area (TPSA) is 70.2 Å². The van der Waals surface area contributed by atoms with Gasteiger partial charge in [-0.15, -0.1) is 0 Å². The molecule has 6 heteroatoms. The van der Waals surface area contributed by atoms with Crippen molar-refractivity contribution < 1.29 is 14.0 Å². The summed E-state index contributed by atoms with van der Waals surface area (Å²) in [5.41, 5.74) is 1.82. The summed E-state index contributed by atoms with van der Waals surface area (Å²) in [5, 5.41) is 9.05. The first-order chi connectivity index (χ1) is 13.4. The lowest BCUT2D eigenvalue weighted by atomic mass is 9.81. The fourth-order valence-electron chi connectivity index (χ4n) is 3.34. The van der Waals surface area contributed by atoms with Gasteiger partial charge in [0.05, 0.1) is 5.56 Å². The molecule has 0 aromatic heterocycles. The Morgan fingerprint density at radius 2 is 1.82 bits per heavy atom. The fourth-order valence-corrected chi connectivity index (χ4v) is 3.34. The SMILES string of the molecule is Cc1ccc(C(=O)NCC2(C)CCNCC2)cc1NC(=O)c1ccccc1F. The van der Waals surface area contributed by atoms with Crippen LogP contribution in [0, 0.1) is 18.2 Å². The summed E-state index contributed by atoms with van der Waals surface area (Å²) >= 11 is 0. The van der Waals surface area contributed by atoms with Gasteiger partial charge < -0.3 is 16.0 Å². The smallest absolute Gasteiger partial charge is 0.258 e. The molecule has 1 saturated heterocycles. The lowest BCUT2D eigenvalue weighted by Gasteiger charge is -2.34. The van der Waals surface area contributed by atoms with Gasteiger partial charge in [0.2, 0.25) is 0 Å². The number of hydrogen-bond acceptors (Lipinski definition) is 3. The minimum atomic E-state index is -0.582. The first-order valence-corrected chi connectivity index (χ1v) is 9.53. The highest BCUT2D eigenvalue weighted by Crippen LogP contribution is 2.27. The molecule has 2 aromatic rings. The van der Waals surface area contributed by atoms with E-state index < -0.39 is 11.7 Å². The van der Waals surface area contributed by atoms with E-state index in [2.05, 4.69) is 22.9 Å². The van der Waals surface area contributed by atoms with Crippen LogP contribution in [0.2, 0.25) is 0 Å². The average Bonchev–Trinajstić information content (AvgIpc) is 2.68. The summed E-state index contributed by atoms with van der Waals surface area (Å²) in [4.78, 5) is 25.0. The van der Waals surface area contributed by atoms with Crippen LogP contribution in [0.1, 0.15) is 46.0 Å². The van der Waals surface area contributed by atoms with Crippen molar-refractivity contribution in [1.82, 2.24) is 10.6 Å². The number of halogens is 1. The summed E-state index contributed by atoms with van der Waals surface area (Å²) < 4.78 is 13.8. The van der Waals surface area contributed by atoms with Crippen LogP contribution >= 0.6 is 0 Å². The first-order valence-electron chi connectivity index (χ1n) is 9.53. The molecule has 148 valence electrons. The predicted molar refractivity (Wildman–Crippen MR) is 108 cm³/mol. The van der Waals surface area contributed by atoms with E-state index in [9.17, 15) is 14.0 Å². The number of rotatable bonds is 5. The van der Waals surface area contributed by atoms with E-state index in [1.807, 2.05) is 6.92 Å². The summed E-state index contributed by atoms with van der Waals surface area (Å²) in [6, 6.07) is 10.9. The van der Waals surface area contributed by atoms with Crippen molar-refractivity contribution in [2.75, 3.05) is 25.0 Å². The maximum absolute atomic E-state index is 13.8. The molecular weight excluding hydrogens is 357 g/mol. The number of piperidine rings is 1. The van der Waals surface area contributed by atoms with E-state index in [0.29, 0.717) is 17.8 Å². The van der Waals surface area contributed by atoms with E-state index in [-0.39, 0.29) is 16.9 Å². The Kier molecular flexibility index (Phi) is 6.09. The number of nitrogens with one attached hydrogen (secondary N) is 3. The van der Waals surface area contributed by atoms with Crippen LogP contribution in [0.15, 0.2) is 42.5 Å². The second kappa shape index (κ2) is 8.52. The number of anilines is 1. The molecular formula is C22H26FN3O2. The zero-order valence-electron chi connectivity index (χ0n) is 16.3. The maximum atomic E-state index is 13.8. The zero-order valence-corrected chi connectivity index (χ0v) is 16.3. The molecule has 1 aliphatic rings. The molecule has 0 radical (unpaired) electrons. The van der Waals surface area contributed by atoms with Gasteiger partial charge in [-0.3, -0.25) is 9.59 Å². The van der Waals surface area contributed by atoms with Crippen LogP contribution in [0.25, 0.3) is 0 Å². The van der Waals surface area contributed by atoms with Crippen molar-refractivity contribution in [2.45, 2.75) is 26.7 Å². The normalized spacial score (nSPS) is 15.7. The van der Waals surface area contributed by atoms with Crippen molar-refractivity contribution in [3.8, 4) is 0 Å². The second-order valence-electron chi connectivity index (χ2n) is 7.71. The van der Waals surface area contributed by atoms with Crippen molar-refractivity contribution in [1.29, 1.82) is 0 Å². The highest BCUT2D eigenvalue weighted by atomic mass is 19.1. The van der Waals surface area contributed by atoms with Gasteiger partial charge in [-0.1, -0.05) is 25.1 Å². The molecule has 2 amide bonds. The molecule has 3 rings (SSSR count). The van der Waals surface area contributed by atoms with Gasteiger partial charge in [-0.05, 0) is 68.1 Å². The third-order valence-corrected chi connectivity index (χ3v) is 5.35. The number of aryl methyl sites for hydroxylation is 1. The molecule has 0 unspecified atom stereocenters. The van der Waals surface area contributed by atoms with Crippen LogP contribution in [0.4, 0.5) is 10.1 Å². The predicted octanol–water partition coefficient (Wildman–Crippen LogP) is 3.51. The van der Waals surface area contributed by atoms with Crippen LogP contribution in [-0.2, 0) is 0 Å². The standard InChI is InChI=1S/C22H26FN3O2/c1-15-7-8-16(20(27)25-14-22(2)9-11-24-12-10-22)13-19(15)26-21(28)17-5-3-4-6-18(17)23/h3-8,13,24H,9-12,14H2,1-2H3,(H,25,27)(H,26,28). The Morgan fingerprint density at radius 1 is 1.11 bits per heavy atom. The summed E-state index contributed by atoms with van der Waals surface area (Å²) in [7, 11) is 0. The quantitative estimate of drug-likeness (QED) is 0.740. The molecule has 1 heterocycles. The number of amides is 2. The molecule has 0 aliphatic carbocycles. The van der Waals surface area contributed by atoms with E-state index in [0.717, 1.165) is 31.5 Å². The third-order valence-electron chi connectivity index (χ3n) is 5.35. The highest BCUT2D eigenvalue weighted by Gasteiger charge is 2.27. The second-order valence-corrected chi connectivity index (χ2v) is 7.71. The molecule has 5 nitrogen and oxygen atoms in total. The zero-order chi connectivity index (χ0) is 20.1. The van der Waals surface area contributed by atoms with Gasteiger partial charge in [0, 0.05) is 17.8 Å². The van der Waals surface area contributed by atoms with E-state index in [4.69, 9.17) is 0 Å². The van der Waals surface area contributed by atoms with Crippen LogP contribution in [-0.4, -0.2) is 31.4 Å².